The molecule has 0 aliphatic carbocycles. The minimum absolute atomic E-state index is 0.0371. The number of esters is 1. The van der Waals surface area contributed by atoms with Crippen LogP contribution in [0.1, 0.15) is 68.4 Å². The summed E-state index contributed by atoms with van der Waals surface area (Å²) in [5.41, 5.74) is 2.73. The van der Waals surface area contributed by atoms with E-state index >= 15 is 0 Å². The third kappa shape index (κ3) is 8.75. The highest BCUT2D eigenvalue weighted by molar-refractivity contribution is 5.94. The van der Waals surface area contributed by atoms with Gasteiger partial charge in [-0.1, -0.05) is 42.5 Å². The van der Waals surface area contributed by atoms with Crippen LogP contribution in [0.2, 0.25) is 0 Å². The van der Waals surface area contributed by atoms with E-state index in [1.165, 1.54) is 0 Å². The second kappa shape index (κ2) is 15.1. The lowest BCUT2D eigenvalue weighted by Crippen LogP contribution is -2.41. The Labute approximate surface area is 270 Å². The molecule has 0 spiro atoms. The quantitative estimate of drug-likeness (QED) is 0.238. The topological polar surface area (TPSA) is 126 Å². The van der Waals surface area contributed by atoms with Crippen molar-refractivity contribution in [2.45, 2.75) is 58.1 Å². The Morgan fingerprint density at radius 3 is 2.41 bits per heavy atom. The number of hydrazone groups is 1. The third-order valence-corrected chi connectivity index (χ3v) is 7.91. The monoisotopic (exact) mass is 626 g/mol. The van der Waals surface area contributed by atoms with Gasteiger partial charge in [0.25, 0.3) is 5.91 Å². The largest absolute Gasteiger partial charge is 0.460 e. The molecule has 2 aromatic carbocycles. The van der Waals surface area contributed by atoms with E-state index in [9.17, 15) is 14.4 Å². The SMILES string of the molecule is CC(C)(C)OC(=O)CCOCCNC(=O)c1ccc(-c2cc(N3CCC(C(=O)N4N=CCC4c4ccccc4)CC3)ncn2)cc1. The zero-order valence-corrected chi connectivity index (χ0v) is 26.7. The van der Waals surface area contributed by atoms with Crippen molar-refractivity contribution >= 4 is 29.8 Å². The Kier molecular flexibility index (Phi) is 10.7. The number of nitrogens with one attached hydrogen (secondary N) is 1. The molecular weight excluding hydrogens is 584 g/mol. The summed E-state index contributed by atoms with van der Waals surface area (Å²) < 4.78 is 10.7. The van der Waals surface area contributed by atoms with Gasteiger partial charge < -0.3 is 19.7 Å². The van der Waals surface area contributed by atoms with Crippen molar-refractivity contribution in [1.29, 1.82) is 0 Å². The van der Waals surface area contributed by atoms with E-state index in [2.05, 4.69) is 25.3 Å². The lowest BCUT2D eigenvalue weighted by molar-refractivity contribution is -0.156. The molecule has 1 fully saturated rings. The van der Waals surface area contributed by atoms with E-state index in [4.69, 9.17) is 9.47 Å². The molecule has 0 saturated carbocycles. The lowest BCUT2D eigenvalue weighted by atomic mass is 9.94. The maximum atomic E-state index is 13.4. The molecule has 3 aromatic rings. The smallest absolute Gasteiger partial charge is 0.308 e. The summed E-state index contributed by atoms with van der Waals surface area (Å²) in [6.07, 6.45) is 5.74. The number of carbonyl (C=O) groups excluding carboxylic acids is 3. The van der Waals surface area contributed by atoms with Gasteiger partial charge in [-0.05, 0) is 51.3 Å². The Morgan fingerprint density at radius 1 is 0.957 bits per heavy atom. The number of aromatic nitrogens is 2. The molecule has 2 amide bonds. The maximum Gasteiger partial charge on any atom is 0.308 e. The zero-order valence-electron chi connectivity index (χ0n) is 26.7. The summed E-state index contributed by atoms with van der Waals surface area (Å²) in [5.74, 6) is 0.292. The Hall–Kier alpha value is -4.64. The summed E-state index contributed by atoms with van der Waals surface area (Å²) in [6.45, 7) is 7.74. The highest BCUT2D eigenvalue weighted by atomic mass is 16.6. The number of benzene rings is 2. The van der Waals surface area contributed by atoms with Crippen molar-refractivity contribution in [3.8, 4) is 11.3 Å². The fourth-order valence-corrected chi connectivity index (χ4v) is 5.58. The van der Waals surface area contributed by atoms with Crippen LogP contribution in [0.25, 0.3) is 11.3 Å². The first kappa shape index (κ1) is 32.7. The van der Waals surface area contributed by atoms with Gasteiger partial charge in [0, 0.05) is 55.4 Å². The third-order valence-electron chi connectivity index (χ3n) is 7.91. The Balaban J connectivity index is 1.08. The number of carbonyl (C=O) groups is 3. The van der Waals surface area contributed by atoms with E-state index in [-0.39, 0.29) is 42.8 Å². The minimum atomic E-state index is -0.520. The molecule has 1 N–H and O–H groups in total. The predicted octanol–water partition coefficient (Wildman–Crippen LogP) is 4.80. The number of nitrogens with zero attached hydrogens (tertiary/aromatic N) is 5. The van der Waals surface area contributed by atoms with Gasteiger partial charge in [-0.2, -0.15) is 5.10 Å². The molecule has 1 unspecified atom stereocenters. The first-order chi connectivity index (χ1) is 22.2. The summed E-state index contributed by atoms with van der Waals surface area (Å²) >= 11 is 0. The molecule has 5 rings (SSSR count). The van der Waals surface area contributed by atoms with Crippen LogP contribution >= 0.6 is 0 Å². The van der Waals surface area contributed by atoms with Crippen molar-refractivity contribution in [2.24, 2.45) is 11.0 Å². The van der Waals surface area contributed by atoms with Gasteiger partial charge in [0.05, 0.1) is 31.4 Å². The van der Waals surface area contributed by atoms with E-state index in [0.717, 1.165) is 41.9 Å². The van der Waals surface area contributed by atoms with Crippen LogP contribution in [-0.4, -0.2) is 77.4 Å². The van der Waals surface area contributed by atoms with Gasteiger partial charge in [0.15, 0.2) is 0 Å². The van der Waals surface area contributed by atoms with E-state index in [1.807, 2.05) is 75.5 Å². The van der Waals surface area contributed by atoms with Crippen LogP contribution in [0.5, 0.6) is 0 Å². The summed E-state index contributed by atoms with van der Waals surface area (Å²) in [5, 5.41) is 8.93. The second-order valence-electron chi connectivity index (χ2n) is 12.4. The molecule has 46 heavy (non-hydrogen) atoms. The molecule has 3 heterocycles. The van der Waals surface area contributed by atoms with Crippen LogP contribution in [0.4, 0.5) is 5.82 Å². The predicted molar refractivity (Wildman–Crippen MR) is 175 cm³/mol. The standard InChI is InChI=1S/C35H42N6O5/c1-35(2,3)46-32(42)16-21-45-22-18-36-33(43)27-11-9-25(10-12-27)29-23-31(38-24-37-29)40-19-14-28(15-20-40)34(44)41-30(13-17-39-41)26-7-5-4-6-8-26/h4-12,17,23-24,28,30H,13-16,18-22H2,1-3H3,(H,36,43). The van der Waals surface area contributed by atoms with Crippen molar-refractivity contribution in [3.05, 3.63) is 78.1 Å². The van der Waals surface area contributed by atoms with Crippen LogP contribution in [0, 0.1) is 5.92 Å². The van der Waals surface area contributed by atoms with E-state index < -0.39 is 5.60 Å². The lowest BCUT2D eigenvalue weighted by Gasteiger charge is -2.34. The van der Waals surface area contributed by atoms with Gasteiger partial charge in [-0.3, -0.25) is 14.4 Å². The molecule has 2 aliphatic rings. The van der Waals surface area contributed by atoms with Crippen molar-refractivity contribution in [3.63, 3.8) is 0 Å². The molecular formula is C35H42N6O5. The molecule has 1 aromatic heterocycles. The van der Waals surface area contributed by atoms with Crippen molar-refractivity contribution in [1.82, 2.24) is 20.3 Å². The second-order valence-corrected chi connectivity index (χ2v) is 12.4. The van der Waals surface area contributed by atoms with Gasteiger partial charge >= 0.3 is 5.97 Å². The number of piperidine rings is 1. The van der Waals surface area contributed by atoms with Gasteiger partial charge in [0.1, 0.15) is 17.7 Å². The molecule has 1 saturated heterocycles. The fourth-order valence-electron chi connectivity index (χ4n) is 5.58. The first-order valence-corrected chi connectivity index (χ1v) is 15.8. The van der Waals surface area contributed by atoms with Crippen molar-refractivity contribution in [2.75, 3.05) is 37.7 Å². The summed E-state index contributed by atoms with van der Waals surface area (Å²) in [6, 6.07) is 19.2. The van der Waals surface area contributed by atoms with Gasteiger partial charge in [-0.25, -0.2) is 15.0 Å². The summed E-state index contributed by atoms with van der Waals surface area (Å²) in [7, 11) is 0. The Morgan fingerprint density at radius 2 is 1.70 bits per heavy atom. The average Bonchev–Trinajstić information content (AvgIpc) is 3.56. The highest BCUT2D eigenvalue weighted by Crippen LogP contribution is 2.32. The molecule has 0 radical (unpaired) electrons. The van der Waals surface area contributed by atoms with E-state index in [0.29, 0.717) is 31.8 Å². The normalized spacial score (nSPS) is 16.8. The molecule has 11 heteroatoms. The average molecular weight is 627 g/mol. The fraction of sp³-hybridized carbons (Fsp3) is 0.429. The molecule has 242 valence electrons. The van der Waals surface area contributed by atoms with Crippen molar-refractivity contribution < 1.29 is 23.9 Å². The molecule has 0 bridgehead atoms. The van der Waals surface area contributed by atoms with Gasteiger partial charge in [-0.15, -0.1) is 0 Å². The van der Waals surface area contributed by atoms with Crippen LogP contribution in [-0.2, 0) is 19.1 Å². The maximum absolute atomic E-state index is 13.4. The van der Waals surface area contributed by atoms with Crippen LogP contribution < -0.4 is 10.2 Å². The van der Waals surface area contributed by atoms with Crippen LogP contribution in [0.3, 0.4) is 0 Å². The molecule has 1 atom stereocenters. The molecule has 11 nitrogen and oxygen atoms in total. The summed E-state index contributed by atoms with van der Waals surface area (Å²) in [4.78, 5) is 48.9. The number of hydrogen-bond acceptors (Lipinski definition) is 9. The minimum Gasteiger partial charge on any atom is -0.460 e. The first-order valence-electron chi connectivity index (χ1n) is 15.8. The molecule has 2 aliphatic heterocycles. The van der Waals surface area contributed by atoms with Gasteiger partial charge in [0.2, 0.25) is 5.91 Å². The number of hydrogen-bond donors (Lipinski definition) is 1. The van der Waals surface area contributed by atoms with E-state index in [1.54, 1.807) is 23.5 Å². The number of ether oxygens (including phenoxy) is 2. The number of amides is 2. The number of anilines is 1. The zero-order chi connectivity index (χ0) is 32.5. The Bertz CT molecular complexity index is 1510. The van der Waals surface area contributed by atoms with Crippen LogP contribution in [0.15, 0.2) is 72.1 Å². The highest BCUT2D eigenvalue weighted by Gasteiger charge is 2.35. The number of rotatable bonds is 11.